The van der Waals surface area contributed by atoms with E-state index in [0.717, 1.165) is 16.8 Å². The van der Waals surface area contributed by atoms with Crippen LogP contribution in [0.5, 0.6) is 0 Å². The molecule has 0 aromatic carbocycles. The summed E-state index contributed by atoms with van der Waals surface area (Å²) in [7, 11) is -9.75. The third-order valence-electron chi connectivity index (χ3n) is 6.42. The van der Waals surface area contributed by atoms with E-state index in [1.165, 1.54) is 17.2 Å². The molecule has 5 rings (SSSR count). The summed E-state index contributed by atoms with van der Waals surface area (Å²) in [4.78, 5) is 37.0. The third-order valence-corrected chi connectivity index (χ3v) is 9.27. The number of aliphatic hydroxyl groups is 4. The fourth-order valence-corrected chi connectivity index (χ4v) is 6.49. The molecule has 3 aromatic rings. The number of nitrogen functional groups attached to an aromatic ring is 1. The van der Waals surface area contributed by atoms with Crippen LogP contribution in [0.4, 0.5) is 5.82 Å². The van der Waals surface area contributed by atoms with Crippen LogP contribution in [0, 0.1) is 0 Å². The summed E-state index contributed by atoms with van der Waals surface area (Å²) < 4.78 is 67.9. The largest absolute Gasteiger partial charge is 0.798 e. The van der Waals surface area contributed by atoms with Crippen molar-refractivity contribution in [3.05, 3.63) is 45.8 Å². The van der Waals surface area contributed by atoms with Crippen LogP contribution in [-0.4, -0.2) is 99.3 Å². The van der Waals surface area contributed by atoms with Gasteiger partial charge < -0.3 is 35.6 Å². The predicted octanol–water partition coefficient (Wildman–Crippen LogP) is -1.76. The van der Waals surface area contributed by atoms with Gasteiger partial charge in [-0.25, -0.2) is 19.7 Å². The van der Waals surface area contributed by atoms with Gasteiger partial charge in [0, 0.05) is 26.0 Å². The molecule has 25 heteroatoms. The van der Waals surface area contributed by atoms with Gasteiger partial charge in [0.25, 0.3) is 5.56 Å². The Labute approximate surface area is 246 Å². The van der Waals surface area contributed by atoms with Crippen molar-refractivity contribution in [2.75, 3.05) is 18.9 Å². The molecule has 3 aromatic heterocycles. The number of anilines is 1. The Kier molecular flexibility index (Phi) is 9.93. The molecule has 3 unspecified atom stereocenters. The average molecular weight is 682 g/mol. The summed E-state index contributed by atoms with van der Waals surface area (Å²) in [5.74, 6) is 0.0804. The lowest BCUT2D eigenvalue weighted by atomic mass is 10.1. The molecule has 0 radical (unpaired) electrons. The second kappa shape index (κ2) is 13.5. The highest BCUT2D eigenvalue weighted by Gasteiger charge is 2.53. The smallest absolute Gasteiger partial charge is 0.387 e. The number of nitrogens with one attached hydrogen (secondary N) is 1. The number of hydrogen-bond donors (Lipinski definition) is 6. The van der Waals surface area contributed by atoms with Crippen LogP contribution in [0.2, 0.25) is 0 Å². The lowest BCUT2D eigenvalue weighted by molar-refractivity contribution is -0.0516. The van der Waals surface area contributed by atoms with E-state index < -0.39 is 98.3 Å². The van der Waals surface area contributed by atoms with Gasteiger partial charge in [-0.15, -0.1) is 9.05 Å². The van der Waals surface area contributed by atoms with Gasteiger partial charge in [0.1, 0.15) is 61.7 Å². The maximum Gasteiger partial charge on any atom is 0.798 e. The minimum absolute atomic E-state index is 0.0804. The number of imidazole rings is 1. The van der Waals surface area contributed by atoms with Crippen molar-refractivity contribution in [1.29, 1.82) is 0 Å². The number of ether oxygens (including phenoxy) is 2. The van der Waals surface area contributed by atoms with Crippen LogP contribution >= 0.6 is 24.8 Å². The standard InChI is InChI=1S/C19H22N7O15P3/c20-15-10-16(22-5-21-15)26(6-23-10)18-14(31)12(29)8(39-18)4-37-43(34)41-44(35)40-42(33)36-3-7-11(28)13(30)17(38-7)25-2-1-9(27)24-19(25)32/h1-2,5-8,11-14,17-18,28-31H,3-4H2,(H2-,20,21,22,24,27,32)/q+2/p+1/t7-,8+,11-,12+,13-,14+,17-,18+/m1/s1. The van der Waals surface area contributed by atoms with Gasteiger partial charge in [-0.05, 0) is 0 Å². The van der Waals surface area contributed by atoms with Crippen molar-refractivity contribution in [3.8, 4) is 0 Å². The number of fused-ring (bicyclic) bond motifs is 1. The van der Waals surface area contributed by atoms with Crippen LogP contribution in [0.15, 0.2) is 34.5 Å². The van der Waals surface area contributed by atoms with E-state index in [9.17, 15) is 43.7 Å². The van der Waals surface area contributed by atoms with Gasteiger partial charge in [0.2, 0.25) is 0 Å². The number of nitrogens with two attached hydrogens (primary N) is 1. The third kappa shape index (κ3) is 6.77. The average Bonchev–Trinajstić information content (AvgIpc) is 3.61. The number of aliphatic hydroxyl groups excluding tert-OH is 4. The SMILES string of the molecule is Nc1ncnc2c1ncn2[C@H]1O[C@@H](CO[P+](=O)O[P+](=O)O[P+](=O)OC[C@H]2O[C@@H](n3ccc(=O)[nH]c3=O)[C@H](O)[C@@H]2O)[C@H](O)[C@@H]1O. The van der Waals surface area contributed by atoms with Crippen LogP contribution < -0.4 is 17.0 Å². The van der Waals surface area contributed by atoms with Gasteiger partial charge in [-0.1, -0.05) is 0 Å². The van der Waals surface area contributed by atoms with Gasteiger partial charge in [0.15, 0.2) is 32.5 Å². The lowest BCUT2D eigenvalue weighted by Crippen LogP contribution is -2.37. The van der Waals surface area contributed by atoms with E-state index in [1.807, 2.05) is 4.98 Å². The summed E-state index contributed by atoms with van der Waals surface area (Å²) >= 11 is 0. The highest BCUT2D eigenvalue weighted by atomic mass is 31.2. The van der Waals surface area contributed by atoms with Crippen molar-refractivity contribution < 1.29 is 61.3 Å². The number of H-pyrrole nitrogens is 1. The molecule has 0 amide bonds. The summed E-state index contributed by atoms with van der Waals surface area (Å²) in [6.07, 6.45) is -7.99. The van der Waals surface area contributed by atoms with Crippen molar-refractivity contribution in [1.82, 2.24) is 29.1 Å². The maximum absolute atomic E-state index is 12.1. The fourth-order valence-electron chi connectivity index (χ4n) is 4.32. The zero-order valence-corrected chi connectivity index (χ0v) is 24.5. The molecule has 0 bridgehead atoms. The van der Waals surface area contributed by atoms with Crippen LogP contribution in [0.25, 0.3) is 11.2 Å². The minimum Gasteiger partial charge on any atom is -0.387 e. The molecule has 236 valence electrons. The highest BCUT2D eigenvalue weighted by Crippen LogP contribution is 2.47. The topological polar surface area (TPSA) is 312 Å². The first-order valence-corrected chi connectivity index (χ1v) is 15.5. The van der Waals surface area contributed by atoms with Crippen molar-refractivity contribution >= 4 is 41.7 Å². The molecule has 0 saturated carbocycles. The van der Waals surface area contributed by atoms with Crippen molar-refractivity contribution in [2.45, 2.75) is 49.1 Å². The van der Waals surface area contributed by atoms with E-state index in [4.69, 9.17) is 24.3 Å². The maximum atomic E-state index is 12.1. The summed E-state index contributed by atoms with van der Waals surface area (Å²) in [6, 6.07) is 0.988. The predicted molar refractivity (Wildman–Crippen MR) is 140 cm³/mol. The Balaban J connectivity index is 1.06. The van der Waals surface area contributed by atoms with Gasteiger partial charge >= 0.3 is 30.5 Å². The first kappa shape index (κ1) is 32.3. The number of aromatic amines is 1. The quantitative estimate of drug-likeness (QED) is 0.115. The second-order valence-corrected chi connectivity index (χ2v) is 12.3. The van der Waals surface area contributed by atoms with Crippen LogP contribution in [-0.2, 0) is 40.8 Å². The van der Waals surface area contributed by atoms with Crippen LogP contribution in [0.1, 0.15) is 12.5 Å². The highest BCUT2D eigenvalue weighted by molar-refractivity contribution is 7.53. The van der Waals surface area contributed by atoms with Crippen molar-refractivity contribution in [2.24, 2.45) is 0 Å². The first-order chi connectivity index (χ1) is 20.9. The molecule has 2 aliphatic rings. The lowest BCUT2D eigenvalue weighted by Gasteiger charge is -2.16. The Morgan fingerprint density at radius 2 is 1.41 bits per heavy atom. The minimum atomic E-state index is -3.35. The Bertz CT molecular complexity index is 1690. The molecular formula is C19H23N7O15P3+3. The number of hydrogen-bond acceptors (Lipinski definition) is 19. The second-order valence-electron chi connectivity index (χ2n) is 9.12. The van der Waals surface area contributed by atoms with Gasteiger partial charge in [-0.2, -0.15) is 0 Å². The Morgan fingerprint density at radius 3 is 1.98 bits per heavy atom. The van der Waals surface area contributed by atoms with E-state index in [0.29, 0.717) is 0 Å². The van der Waals surface area contributed by atoms with E-state index in [-0.39, 0.29) is 17.0 Å². The monoisotopic (exact) mass is 682 g/mol. The van der Waals surface area contributed by atoms with Gasteiger partial charge in [-0.3, -0.25) is 18.9 Å². The molecule has 2 aliphatic heterocycles. The van der Waals surface area contributed by atoms with Crippen molar-refractivity contribution in [3.63, 3.8) is 0 Å². The summed E-state index contributed by atoms with van der Waals surface area (Å²) in [6.45, 7) is -1.29. The molecule has 7 N–H and O–H groups in total. The van der Waals surface area contributed by atoms with E-state index in [1.54, 1.807) is 0 Å². The normalized spacial score (nSPS) is 29.7. The van der Waals surface area contributed by atoms with Gasteiger partial charge in [0.05, 0.1) is 6.33 Å². The molecule has 0 aliphatic carbocycles. The molecule has 0 spiro atoms. The van der Waals surface area contributed by atoms with Crippen LogP contribution in [0.3, 0.4) is 0 Å². The zero-order chi connectivity index (χ0) is 31.7. The fraction of sp³-hybridized carbons (Fsp3) is 0.526. The molecule has 11 atom stereocenters. The molecule has 2 fully saturated rings. The molecule has 44 heavy (non-hydrogen) atoms. The first-order valence-electron chi connectivity index (χ1n) is 12.3. The number of rotatable bonds is 12. The number of aromatic nitrogens is 6. The molecule has 22 nitrogen and oxygen atoms in total. The number of nitrogens with zero attached hydrogens (tertiary/aromatic N) is 5. The van der Waals surface area contributed by atoms with E-state index >= 15 is 0 Å². The summed E-state index contributed by atoms with van der Waals surface area (Å²) in [5.41, 5.74) is 4.57. The van der Waals surface area contributed by atoms with E-state index in [2.05, 4.69) is 23.6 Å². The zero-order valence-electron chi connectivity index (χ0n) is 21.8. The molecule has 5 heterocycles. The molecular weight excluding hydrogens is 659 g/mol. The summed E-state index contributed by atoms with van der Waals surface area (Å²) in [5, 5.41) is 41.2. The molecule has 2 saturated heterocycles. The Hall–Kier alpha value is -3.07. The Morgan fingerprint density at radius 1 is 0.841 bits per heavy atom.